The Morgan fingerprint density at radius 3 is 2.43 bits per heavy atom. The molecule has 5 nitrogen and oxygen atoms in total. The van der Waals surface area contributed by atoms with Crippen LogP contribution in [0.1, 0.15) is 43.5 Å². The van der Waals surface area contributed by atoms with E-state index in [2.05, 4.69) is 5.32 Å². The summed E-state index contributed by atoms with van der Waals surface area (Å²) in [4.78, 5) is 23.3. The lowest BCUT2D eigenvalue weighted by molar-refractivity contribution is -0.138. The van der Waals surface area contributed by atoms with Crippen LogP contribution in [0.15, 0.2) is 18.2 Å². The normalized spacial score (nSPS) is 11.0. The van der Waals surface area contributed by atoms with Crippen LogP contribution in [-0.2, 0) is 4.79 Å². The number of ether oxygens (including phenoxy) is 1. The molecule has 1 aromatic carbocycles. The molecule has 0 aromatic heterocycles. The summed E-state index contributed by atoms with van der Waals surface area (Å²) < 4.78 is 5.08. The average Bonchev–Trinajstić information content (AvgIpc) is 2.46. The molecule has 0 aliphatic heterocycles. The van der Waals surface area contributed by atoms with Gasteiger partial charge in [0.1, 0.15) is 5.75 Å². The number of halogens is 1. The van der Waals surface area contributed by atoms with Crippen LogP contribution in [0.4, 0.5) is 0 Å². The van der Waals surface area contributed by atoms with E-state index in [1.54, 1.807) is 12.1 Å². The molecule has 2 N–H and O–H groups in total. The van der Waals surface area contributed by atoms with Crippen molar-refractivity contribution in [1.29, 1.82) is 0 Å². The molecule has 0 atom stereocenters. The number of carboxylic acid groups (broad SMARTS) is 1. The molecule has 0 unspecified atom stereocenters. The molecular formula is C15H20ClNO4. The summed E-state index contributed by atoms with van der Waals surface area (Å²) in [5, 5.41) is 12.3. The maximum absolute atomic E-state index is 12.3. The van der Waals surface area contributed by atoms with Crippen molar-refractivity contribution in [3.05, 3.63) is 28.8 Å². The highest BCUT2D eigenvalue weighted by molar-refractivity contribution is 6.32. The Labute approximate surface area is 129 Å². The first-order chi connectivity index (χ1) is 9.87. The van der Waals surface area contributed by atoms with Crippen molar-refractivity contribution in [2.45, 2.75) is 38.6 Å². The molecule has 0 heterocycles. The number of amides is 1. The number of hydrogen-bond donors (Lipinski definition) is 2. The first-order valence-electron chi connectivity index (χ1n) is 6.75. The standard InChI is InChI=1S/C15H20ClNO4/c1-4-15(5-2,9-13(18)19)17-14(20)10-6-7-11(16)12(8-10)21-3/h6-8H,4-5,9H2,1-3H3,(H,17,20)(H,18,19). The number of methoxy groups -OCH3 is 1. The van der Waals surface area contributed by atoms with Gasteiger partial charge in [0.2, 0.25) is 0 Å². The van der Waals surface area contributed by atoms with Crippen molar-refractivity contribution in [2.75, 3.05) is 7.11 Å². The smallest absolute Gasteiger partial charge is 0.305 e. The lowest BCUT2D eigenvalue weighted by Gasteiger charge is -2.31. The molecule has 1 aromatic rings. The van der Waals surface area contributed by atoms with Crippen molar-refractivity contribution in [2.24, 2.45) is 0 Å². The molecule has 116 valence electrons. The van der Waals surface area contributed by atoms with Gasteiger partial charge in [-0.05, 0) is 31.0 Å². The molecule has 0 aliphatic rings. The van der Waals surface area contributed by atoms with Gasteiger partial charge >= 0.3 is 5.97 Å². The number of carbonyl (C=O) groups excluding carboxylic acids is 1. The van der Waals surface area contributed by atoms with Crippen LogP contribution < -0.4 is 10.1 Å². The fraction of sp³-hybridized carbons (Fsp3) is 0.467. The van der Waals surface area contributed by atoms with E-state index < -0.39 is 11.5 Å². The van der Waals surface area contributed by atoms with Gasteiger partial charge in [-0.3, -0.25) is 9.59 Å². The molecule has 1 amide bonds. The first kappa shape index (κ1) is 17.3. The molecule has 1 rings (SSSR count). The van der Waals surface area contributed by atoms with Gasteiger partial charge in [0.25, 0.3) is 5.91 Å². The van der Waals surface area contributed by atoms with Crippen LogP contribution in [-0.4, -0.2) is 29.6 Å². The Hall–Kier alpha value is -1.75. The summed E-state index contributed by atoms with van der Waals surface area (Å²) >= 11 is 5.92. The largest absolute Gasteiger partial charge is 0.495 e. The van der Waals surface area contributed by atoms with E-state index in [1.807, 2.05) is 13.8 Å². The molecule has 0 radical (unpaired) electrons. The molecule has 0 bridgehead atoms. The Kier molecular flexibility index (Phi) is 6.03. The van der Waals surface area contributed by atoms with Gasteiger partial charge in [-0.1, -0.05) is 25.4 Å². The number of rotatable bonds is 7. The number of hydrogen-bond acceptors (Lipinski definition) is 3. The van der Waals surface area contributed by atoms with Crippen molar-refractivity contribution in [1.82, 2.24) is 5.32 Å². The zero-order valence-electron chi connectivity index (χ0n) is 12.4. The fourth-order valence-electron chi connectivity index (χ4n) is 2.12. The number of aliphatic carboxylic acids is 1. The first-order valence-corrected chi connectivity index (χ1v) is 7.13. The molecule has 0 saturated heterocycles. The minimum Gasteiger partial charge on any atom is -0.495 e. The lowest BCUT2D eigenvalue weighted by Crippen LogP contribution is -2.49. The van der Waals surface area contributed by atoms with E-state index in [1.165, 1.54) is 13.2 Å². The fourth-order valence-corrected chi connectivity index (χ4v) is 2.32. The Morgan fingerprint density at radius 2 is 1.95 bits per heavy atom. The second-order valence-corrected chi connectivity index (χ2v) is 5.27. The quantitative estimate of drug-likeness (QED) is 0.811. The highest BCUT2D eigenvalue weighted by atomic mass is 35.5. The van der Waals surface area contributed by atoms with Crippen LogP contribution in [0.2, 0.25) is 5.02 Å². The van der Waals surface area contributed by atoms with Crippen LogP contribution in [0, 0.1) is 0 Å². The van der Waals surface area contributed by atoms with Gasteiger partial charge in [-0.25, -0.2) is 0 Å². The van der Waals surface area contributed by atoms with E-state index >= 15 is 0 Å². The van der Waals surface area contributed by atoms with E-state index in [0.29, 0.717) is 29.2 Å². The summed E-state index contributed by atoms with van der Waals surface area (Å²) in [6, 6.07) is 4.69. The topological polar surface area (TPSA) is 75.6 Å². The number of benzene rings is 1. The summed E-state index contributed by atoms with van der Waals surface area (Å²) in [7, 11) is 1.47. The Morgan fingerprint density at radius 1 is 1.33 bits per heavy atom. The minimum absolute atomic E-state index is 0.115. The molecule has 0 spiro atoms. The van der Waals surface area contributed by atoms with Gasteiger partial charge in [0, 0.05) is 5.56 Å². The van der Waals surface area contributed by atoms with E-state index in [0.717, 1.165) is 0 Å². The monoisotopic (exact) mass is 313 g/mol. The SMILES string of the molecule is CCC(CC)(CC(=O)O)NC(=O)c1ccc(Cl)c(OC)c1. The Balaban J connectivity index is 2.99. The Bertz CT molecular complexity index is 526. The van der Waals surface area contributed by atoms with Crippen molar-refractivity contribution >= 4 is 23.5 Å². The zero-order valence-corrected chi connectivity index (χ0v) is 13.2. The van der Waals surface area contributed by atoms with Gasteiger partial charge < -0.3 is 15.2 Å². The highest BCUT2D eigenvalue weighted by Crippen LogP contribution is 2.26. The maximum Gasteiger partial charge on any atom is 0.305 e. The molecule has 6 heteroatoms. The highest BCUT2D eigenvalue weighted by Gasteiger charge is 2.31. The van der Waals surface area contributed by atoms with Crippen LogP contribution in [0.25, 0.3) is 0 Å². The molecule has 0 fully saturated rings. The summed E-state index contributed by atoms with van der Waals surface area (Å²) in [5.74, 6) is -0.872. The third-order valence-electron chi connectivity index (χ3n) is 3.64. The van der Waals surface area contributed by atoms with Crippen molar-refractivity contribution in [3.8, 4) is 5.75 Å². The van der Waals surface area contributed by atoms with Crippen LogP contribution in [0.3, 0.4) is 0 Å². The van der Waals surface area contributed by atoms with Gasteiger partial charge in [-0.2, -0.15) is 0 Å². The minimum atomic E-state index is -0.937. The van der Waals surface area contributed by atoms with Gasteiger partial charge in [-0.15, -0.1) is 0 Å². The van der Waals surface area contributed by atoms with Crippen LogP contribution in [0.5, 0.6) is 5.75 Å². The zero-order chi connectivity index (χ0) is 16.0. The third-order valence-corrected chi connectivity index (χ3v) is 3.95. The van der Waals surface area contributed by atoms with Crippen molar-refractivity contribution < 1.29 is 19.4 Å². The van der Waals surface area contributed by atoms with Crippen LogP contribution >= 0.6 is 11.6 Å². The number of carbonyl (C=O) groups is 2. The van der Waals surface area contributed by atoms with Crippen molar-refractivity contribution in [3.63, 3.8) is 0 Å². The second kappa shape index (κ2) is 7.31. The second-order valence-electron chi connectivity index (χ2n) is 4.86. The molecule has 0 saturated carbocycles. The third kappa shape index (κ3) is 4.36. The lowest BCUT2D eigenvalue weighted by atomic mass is 9.88. The number of nitrogens with one attached hydrogen (secondary N) is 1. The average molecular weight is 314 g/mol. The van der Waals surface area contributed by atoms with E-state index in [9.17, 15) is 9.59 Å². The summed E-state index contributed by atoms with van der Waals surface area (Å²) in [6.07, 6.45) is 0.953. The molecule has 0 aliphatic carbocycles. The summed E-state index contributed by atoms with van der Waals surface area (Å²) in [5.41, 5.74) is -0.372. The predicted octanol–water partition coefficient (Wildman–Crippen LogP) is 3.11. The van der Waals surface area contributed by atoms with Gasteiger partial charge in [0.05, 0.1) is 24.1 Å². The van der Waals surface area contributed by atoms with E-state index in [-0.39, 0.29) is 12.3 Å². The number of carboxylic acids is 1. The molecule has 21 heavy (non-hydrogen) atoms. The predicted molar refractivity (Wildman–Crippen MR) is 81.0 cm³/mol. The maximum atomic E-state index is 12.3. The van der Waals surface area contributed by atoms with Gasteiger partial charge in [0.15, 0.2) is 0 Å². The molecular weight excluding hydrogens is 294 g/mol. The summed E-state index contributed by atoms with van der Waals surface area (Å²) in [6.45, 7) is 3.71. The van der Waals surface area contributed by atoms with E-state index in [4.69, 9.17) is 21.4 Å².